The van der Waals surface area contributed by atoms with Gasteiger partial charge in [0.2, 0.25) is 0 Å². The van der Waals surface area contributed by atoms with Gasteiger partial charge in [-0.3, -0.25) is 0 Å². The smallest absolute Gasteiger partial charge is 0.191 e. The summed E-state index contributed by atoms with van der Waals surface area (Å²) in [5, 5.41) is 0. The van der Waals surface area contributed by atoms with E-state index in [0.29, 0.717) is 0 Å². The molecule has 1 aromatic heterocycles. The Morgan fingerprint density at radius 2 is 1.81 bits per heavy atom. The summed E-state index contributed by atoms with van der Waals surface area (Å²) in [6.45, 7) is 10.8. The largest absolute Gasteiger partial charge is 0.446 e. The van der Waals surface area contributed by atoms with E-state index in [-0.39, 0.29) is 5.41 Å². The maximum Gasteiger partial charge on any atom is 0.191 e. The fourth-order valence-electron chi connectivity index (χ4n) is 2.57. The first-order valence-electron chi connectivity index (χ1n) is 6.48. The summed E-state index contributed by atoms with van der Waals surface area (Å²) in [7, 11) is 0. The highest BCUT2D eigenvalue weighted by Crippen LogP contribution is 2.35. The average Bonchev–Trinajstić information content (AvgIpc) is 2.56. The lowest BCUT2D eigenvalue weighted by molar-refractivity contribution is 0.368. The van der Waals surface area contributed by atoms with Crippen LogP contribution in [0.15, 0.2) is 4.42 Å². The average molecular weight is 223 g/mol. The summed E-state index contributed by atoms with van der Waals surface area (Å²) < 4.78 is 5.58. The Balaban J connectivity index is 2.95. The topological polar surface area (TPSA) is 26.0 Å². The zero-order valence-electron chi connectivity index (χ0n) is 11.4. The molecule has 0 saturated heterocycles. The van der Waals surface area contributed by atoms with Crippen molar-refractivity contribution in [1.29, 1.82) is 0 Å². The Labute approximate surface area is 99.5 Å². The lowest BCUT2D eigenvalue weighted by Gasteiger charge is -2.27. The van der Waals surface area contributed by atoms with Crippen LogP contribution in [0.1, 0.15) is 70.2 Å². The Hall–Kier alpha value is -0.790. The van der Waals surface area contributed by atoms with E-state index in [2.05, 4.69) is 25.8 Å². The van der Waals surface area contributed by atoms with Gasteiger partial charge in [-0.05, 0) is 19.8 Å². The normalized spacial score (nSPS) is 15.1. The van der Waals surface area contributed by atoms with E-state index in [0.717, 1.165) is 11.7 Å². The second-order valence-electron chi connectivity index (χ2n) is 5.05. The van der Waals surface area contributed by atoms with Crippen LogP contribution >= 0.6 is 0 Å². The van der Waals surface area contributed by atoms with E-state index in [1.807, 2.05) is 13.8 Å². The molecule has 92 valence electrons. The number of nitrogens with zero attached hydrogens (tertiary/aromatic N) is 1. The monoisotopic (exact) mass is 223 g/mol. The molecule has 0 saturated carbocycles. The molecule has 0 aliphatic carbocycles. The molecule has 1 aromatic rings. The summed E-state index contributed by atoms with van der Waals surface area (Å²) in [5.41, 5.74) is 1.38. The predicted octanol–water partition coefficient (Wildman–Crippen LogP) is 4.54. The summed E-state index contributed by atoms with van der Waals surface area (Å²) in [4.78, 5) is 4.59. The van der Waals surface area contributed by atoms with Gasteiger partial charge in [-0.25, -0.2) is 4.98 Å². The summed E-state index contributed by atoms with van der Waals surface area (Å²) in [6, 6.07) is 0. The van der Waals surface area contributed by atoms with E-state index in [1.54, 1.807) is 0 Å². The molecule has 16 heavy (non-hydrogen) atoms. The standard InChI is InChI=1S/C14H25NO/c1-6-8-10-14(5,9-7-2)13-11(3)16-12(4)15-13/h6-10H2,1-5H3. The van der Waals surface area contributed by atoms with E-state index in [9.17, 15) is 0 Å². The predicted molar refractivity (Wildman–Crippen MR) is 67.8 cm³/mol. The Kier molecular flexibility index (Phi) is 4.57. The molecule has 0 aliphatic rings. The van der Waals surface area contributed by atoms with Crippen LogP contribution in [0.25, 0.3) is 0 Å². The van der Waals surface area contributed by atoms with Gasteiger partial charge in [-0.15, -0.1) is 0 Å². The maximum absolute atomic E-state index is 5.58. The van der Waals surface area contributed by atoms with Gasteiger partial charge in [-0.1, -0.05) is 40.0 Å². The molecule has 0 aliphatic heterocycles. The molecule has 1 heterocycles. The Bertz CT molecular complexity index is 329. The SMILES string of the molecule is CCCCC(C)(CCC)c1nc(C)oc1C. The number of hydrogen-bond acceptors (Lipinski definition) is 2. The molecule has 0 aromatic carbocycles. The first-order valence-corrected chi connectivity index (χ1v) is 6.48. The van der Waals surface area contributed by atoms with Crippen molar-refractivity contribution in [2.24, 2.45) is 0 Å². The second kappa shape index (κ2) is 5.51. The third-order valence-electron chi connectivity index (χ3n) is 3.36. The number of oxazole rings is 1. The second-order valence-corrected chi connectivity index (χ2v) is 5.05. The molecule has 0 fully saturated rings. The lowest BCUT2D eigenvalue weighted by Crippen LogP contribution is -2.23. The summed E-state index contributed by atoms with van der Waals surface area (Å²) in [5.74, 6) is 1.80. The van der Waals surface area contributed by atoms with Crippen molar-refractivity contribution in [1.82, 2.24) is 4.98 Å². The van der Waals surface area contributed by atoms with Crippen LogP contribution in [-0.4, -0.2) is 4.98 Å². The van der Waals surface area contributed by atoms with Crippen LogP contribution in [0, 0.1) is 13.8 Å². The highest BCUT2D eigenvalue weighted by molar-refractivity contribution is 5.19. The molecule has 0 spiro atoms. The Morgan fingerprint density at radius 3 is 2.25 bits per heavy atom. The highest BCUT2D eigenvalue weighted by Gasteiger charge is 2.30. The number of unbranched alkanes of at least 4 members (excludes halogenated alkanes) is 1. The summed E-state index contributed by atoms with van der Waals surface area (Å²) >= 11 is 0. The number of hydrogen-bond donors (Lipinski definition) is 0. The van der Waals surface area contributed by atoms with Gasteiger partial charge in [0.15, 0.2) is 5.89 Å². The van der Waals surface area contributed by atoms with Crippen molar-refractivity contribution in [2.75, 3.05) is 0 Å². The molecule has 1 unspecified atom stereocenters. The fourth-order valence-corrected chi connectivity index (χ4v) is 2.57. The zero-order chi connectivity index (χ0) is 12.2. The van der Waals surface area contributed by atoms with E-state index < -0.39 is 0 Å². The molecule has 0 radical (unpaired) electrons. The van der Waals surface area contributed by atoms with Crippen molar-refractivity contribution in [3.63, 3.8) is 0 Å². The van der Waals surface area contributed by atoms with Crippen LogP contribution in [0.4, 0.5) is 0 Å². The first-order chi connectivity index (χ1) is 7.53. The minimum Gasteiger partial charge on any atom is -0.446 e. The first kappa shape index (κ1) is 13.3. The molecule has 2 heteroatoms. The maximum atomic E-state index is 5.58. The van der Waals surface area contributed by atoms with Gasteiger partial charge in [-0.2, -0.15) is 0 Å². The van der Waals surface area contributed by atoms with E-state index in [1.165, 1.54) is 37.8 Å². The van der Waals surface area contributed by atoms with Crippen molar-refractivity contribution in [3.8, 4) is 0 Å². The molecule has 2 nitrogen and oxygen atoms in total. The van der Waals surface area contributed by atoms with Crippen molar-refractivity contribution < 1.29 is 4.42 Å². The van der Waals surface area contributed by atoms with Gasteiger partial charge in [0, 0.05) is 12.3 Å². The van der Waals surface area contributed by atoms with Crippen LogP contribution in [0.2, 0.25) is 0 Å². The number of rotatable bonds is 6. The third kappa shape index (κ3) is 2.87. The van der Waals surface area contributed by atoms with Gasteiger partial charge in [0.1, 0.15) is 5.76 Å². The van der Waals surface area contributed by atoms with Gasteiger partial charge in [0.05, 0.1) is 5.69 Å². The zero-order valence-corrected chi connectivity index (χ0v) is 11.4. The minimum absolute atomic E-state index is 0.201. The molecule has 0 bridgehead atoms. The van der Waals surface area contributed by atoms with Crippen molar-refractivity contribution >= 4 is 0 Å². The molecular formula is C14H25NO. The summed E-state index contributed by atoms with van der Waals surface area (Å²) in [6.07, 6.45) is 6.12. The fraction of sp³-hybridized carbons (Fsp3) is 0.786. The van der Waals surface area contributed by atoms with E-state index >= 15 is 0 Å². The third-order valence-corrected chi connectivity index (χ3v) is 3.36. The van der Waals surface area contributed by atoms with Gasteiger partial charge in [0.25, 0.3) is 0 Å². The molecule has 0 amide bonds. The van der Waals surface area contributed by atoms with Crippen molar-refractivity contribution in [2.45, 2.75) is 72.1 Å². The van der Waals surface area contributed by atoms with Crippen LogP contribution < -0.4 is 0 Å². The van der Waals surface area contributed by atoms with Crippen molar-refractivity contribution in [3.05, 3.63) is 17.3 Å². The molecule has 1 rings (SSSR count). The molecule has 1 atom stereocenters. The quantitative estimate of drug-likeness (QED) is 0.707. The van der Waals surface area contributed by atoms with Gasteiger partial charge >= 0.3 is 0 Å². The number of aryl methyl sites for hydroxylation is 2. The van der Waals surface area contributed by atoms with Crippen LogP contribution in [0.3, 0.4) is 0 Å². The van der Waals surface area contributed by atoms with Crippen LogP contribution in [0.5, 0.6) is 0 Å². The Morgan fingerprint density at radius 1 is 1.12 bits per heavy atom. The minimum atomic E-state index is 0.201. The van der Waals surface area contributed by atoms with Gasteiger partial charge < -0.3 is 4.42 Å². The highest BCUT2D eigenvalue weighted by atomic mass is 16.4. The van der Waals surface area contributed by atoms with Crippen LogP contribution in [-0.2, 0) is 5.41 Å². The lowest BCUT2D eigenvalue weighted by atomic mass is 9.77. The van der Waals surface area contributed by atoms with E-state index in [4.69, 9.17) is 4.42 Å². The molecular weight excluding hydrogens is 198 g/mol. The number of aromatic nitrogens is 1. The molecule has 0 N–H and O–H groups in total.